The topological polar surface area (TPSA) is 34.1 Å². The first-order valence-electron chi connectivity index (χ1n) is 7.25. The maximum absolute atomic E-state index is 14.1. The SMILES string of the molecule is Cc1cc(Oc2cccc(C)c2F)c(CNC2CC2)cn1. The molecule has 1 N–H and O–H groups in total. The first-order valence-corrected chi connectivity index (χ1v) is 7.25. The fourth-order valence-corrected chi connectivity index (χ4v) is 2.15. The highest BCUT2D eigenvalue weighted by Crippen LogP contribution is 2.29. The van der Waals surface area contributed by atoms with Gasteiger partial charge in [-0.3, -0.25) is 4.98 Å². The lowest BCUT2D eigenvalue weighted by Gasteiger charge is -2.13. The van der Waals surface area contributed by atoms with Crippen LogP contribution in [0.4, 0.5) is 4.39 Å². The number of pyridine rings is 1. The monoisotopic (exact) mass is 286 g/mol. The largest absolute Gasteiger partial charge is 0.454 e. The molecular formula is C17H19FN2O. The van der Waals surface area contributed by atoms with E-state index in [1.807, 2.05) is 13.0 Å². The van der Waals surface area contributed by atoms with Gasteiger partial charge < -0.3 is 10.1 Å². The predicted octanol–water partition coefficient (Wildman–Crippen LogP) is 3.88. The Morgan fingerprint density at radius 1 is 1.29 bits per heavy atom. The first kappa shape index (κ1) is 14.0. The number of nitrogens with one attached hydrogen (secondary N) is 1. The summed E-state index contributed by atoms with van der Waals surface area (Å²) in [5.74, 6) is 0.612. The van der Waals surface area contributed by atoms with Crippen LogP contribution in [0.15, 0.2) is 30.5 Å². The minimum absolute atomic E-state index is 0.258. The second-order valence-corrected chi connectivity index (χ2v) is 5.58. The number of halogens is 1. The van der Waals surface area contributed by atoms with Gasteiger partial charge in [0.15, 0.2) is 11.6 Å². The van der Waals surface area contributed by atoms with Crippen molar-refractivity contribution in [3.63, 3.8) is 0 Å². The molecule has 0 radical (unpaired) electrons. The number of ether oxygens (including phenoxy) is 1. The fourth-order valence-electron chi connectivity index (χ4n) is 2.15. The number of rotatable bonds is 5. The summed E-state index contributed by atoms with van der Waals surface area (Å²) in [5, 5.41) is 3.43. The lowest BCUT2D eigenvalue weighted by molar-refractivity contribution is 0.432. The molecule has 1 saturated carbocycles. The minimum Gasteiger partial charge on any atom is -0.454 e. The maximum Gasteiger partial charge on any atom is 0.168 e. The van der Waals surface area contributed by atoms with Gasteiger partial charge in [0.1, 0.15) is 5.75 Å². The van der Waals surface area contributed by atoms with Crippen LogP contribution in [0.25, 0.3) is 0 Å². The molecular weight excluding hydrogens is 267 g/mol. The van der Waals surface area contributed by atoms with Crippen LogP contribution in [0.5, 0.6) is 11.5 Å². The van der Waals surface area contributed by atoms with Crippen LogP contribution in [0.1, 0.15) is 29.7 Å². The quantitative estimate of drug-likeness (QED) is 0.905. The van der Waals surface area contributed by atoms with Crippen LogP contribution in [0.2, 0.25) is 0 Å². The minimum atomic E-state index is -0.312. The van der Waals surface area contributed by atoms with Crippen LogP contribution in [0, 0.1) is 19.7 Å². The smallest absolute Gasteiger partial charge is 0.168 e. The van der Waals surface area contributed by atoms with Crippen LogP contribution in [-0.4, -0.2) is 11.0 Å². The Kier molecular flexibility index (Phi) is 3.88. The van der Waals surface area contributed by atoms with Crippen molar-refractivity contribution in [1.29, 1.82) is 0 Å². The number of aromatic nitrogens is 1. The van der Waals surface area contributed by atoms with Crippen molar-refractivity contribution in [3.8, 4) is 11.5 Å². The molecule has 2 aromatic rings. The summed E-state index contributed by atoms with van der Waals surface area (Å²) in [6, 6.07) is 7.64. The summed E-state index contributed by atoms with van der Waals surface area (Å²) in [6.07, 6.45) is 4.25. The molecule has 1 aromatic carbocycles. The Bertz CT molecular complexity index is 653. The summed E-state index contributed by atoms with van der Waals surface area (Å²) in [5.41, 5.74) is 2.39. The second-order valence-electron chi connectivity index (χ2n) is 5.58. The number of benzene rings is 1. The Labute approximate surface area is 124 Å². The van der Waals surface area contributed by atoms with Gasteiger partial charge in [-0.25, -0.2) is 4.39 Å². The highest BCUT2D eigenvalue weighted by molar-refractivity contribution is 5.39. The molecule has 0 aliphatic heterocycles. The molecule has 1 aromatic heterocycles. The first-order chi connectivity index (χ1) is 10.1. The molecule has 4 heteroatoms. The van der Waals surface area contributed by atoms with Crippen LogP contribution in [-0.2, 0) is 6.54 Å². The van der Waals surface area contributed by atoms with Crippen LogP contribution < -0.4 is 10.1 Å². The van der Waals surface area contributed by atoms with Gasteiger partial charge in [0.05, 0.1) is 0 Å². The average Bonchev–Trinajstić information content (AvgIpc) is 3.27. The number of hydrogen-bond donors (Lipinski definition) is 1. The predicted molar refractivity (Wildman–Crippen MR) is 80.0 cm³/mol. The molecule has 110 valence electrons. The molecule has 1 heterocycles. The van der Waals surface area contributed by atoms with Crippen molar-refractivity contribution in [2.45, 2.75) is 39.3 Å². The van der Waals surface area contributed by atoms with E-state index in [9.17, 15) is 4.39 Å². The third-order valence-corrected chi connectivity index (χ3v) is 3.62. The average molecular weight is 286 g/mol. The molecule has 0 atom stereocenters. The highest BCUT2D eigenvalue weighted by atomic mass is 19.1. The van der Waals surface area contributed by atoms with Crippen molar-refractivity contribution in [1.82, 2.24) is 10.3 Å². The Balaban J connectivity index is 1.85. The second kappa shape index (κ2) is 5.82. The van der Waals surface area contributed by atoms with Gasteiger partial charge in [-0.2, -0.15) is 0 Å². The van der Waals surface area contributed by atoms with E-state index in [0.29, 0.717) is 23.9 Å². The van der Waals surface area contributed by atoms with Gasteiger partial charge in [-0.05, 0) is 38.3 Å². The van der Waals surface area contributed by atoms with Crippen LogP contribution in [0.3, 0.4) is 0 Å². The van der Waals surface area contributed by atoms with Gasteiger partial charge >= 0.3 is 0 Å². The standard InChI is InChI=1S/C17H19FN2O/c1-11-4-3-5-15(17(11)18)21-16-8-12(2)19-9-13(16)10-20-14-6-7-14/h3-5,8-9,14,20H,6-7,10H2,1-2H3. The van der Waals surface area contributed by atoms with E-state index in [-0.39, 0.29) is 11.6 Å². The van der Waals surface area contributed by atoms with Gasteiger partial charge in [0.2, 0.25) is 0 Å². The maximum atomic E-state index is 14.1. The number of hydrogen-bond acceptors (Lipinski definition) is 3. The van der Waals surface area contributed by atoms with Gasteiger partial charge in [-0.1, -0.05) is 12.1 Å². The van der Waals surface area contributed by atoms with E-state index in [0.717, 1.165) is 11.3 Å². The Hall–Kier alpha value is -1.94. The van der Waals surface area contributed by atoms with Crippen molar-refractivity contribution >= 4 is 0 Å². The fraction of sp³-hybridized carbons (Fsp3) is 0.353. The zero-order chi connectivity index (χ0) is 14.8. The van der Waals surface area contributed by atoms with Crippen molar-refractivity contribution < 1.29 is 9.13 Å². The normalized spacial score (nSPS) is 14.2. The summed E-state index contributed by atoms with van der Waals surface area (Å²) >= 11 is 0. The Morgan fingerprint density at radius 3 is 2.86 bits per heavy atom. The van der Waals surface area contributed by atoms with Gasteiger partial charge in [-0.15, -0.1) is 0 Å². The number of aryl methyl sites for hydroxylation is 2. The third-order valence-electron chi connectivity index (χ3n) is 3.62. The molecule has 0 bridgehead atoms. The molecule has 0 spiro atoms. The molecule has 3 nitrogen and oxygen atoms in total. The molecule has 0 saturated heterocycles. The van der Waals surface area contributed by atoms with Crippen LogP contribution >= 0.6 is 0 Å². The molecule has 0 amide bonds. The summed E-state index contributed by atoms with van der Waals surface area (Å²) < 4.78 is 19.9. The molecule has 0 unspecified atom stereocenters. The van der Waals surface area contributed by atoms with E-state index in [1.54, 1.807) is 31.3 Å². The van der Waals surface area contributed by atoms with E-state index >= 15 is 0 Å². The van der Waals surface area contributed by atoms with E-state index in [4.69, 9.17) is 4.74 Å². The van der Waals surface area contributed by atoms with E-state index in [2.05, 4.69) is 10.3 Å². The summed E-state index contributed by atoms with van der Waals surface area (Å²) in [7, 11) is 0. The van der Waals surface area contributed by atoms with E-state index < -0.39 is 0 Å². The van der Waals surface area contributed by atoms with Gasteiger partial charge in [0.25, 0.3) is 0 Å². The van der Waals surface area contributed by atoms with Crippen molar-refractivity contribution in [2.24, 2.45) is 0 Å². The van der Waals surface area contributed by atoms with E-state index in [1.165, 1.54) is 12.8 Å². The lowest BCUT2D eigenvalue weighted by Crippen LogP contribution is -2.16. The molecule has 3 rings (SSSR count). The summed E-state index contributed by atoms with van der Waals surface area (Å²) in [6.45, 7) is 4.33. The zero-order valence-electron chi connectivity index (χ0n) is 12.3. The molecule has 1 aliphatic rings. The Morgan fingerprint density at radius 2 is 2.10 bits per heavy atom. The molecule has 1 fully saturated rings. The van der Waals surface area contributed by atoms with Gasteiger partial charge in [0, 0.05) is 36.1 Å². The number of nitrogens with zero attached hydrogens (tertiary/aromatic N) is 1. The molecule has 1 aliphatic carbocycles. The van der Waals surface area contributed by atoms with Crippen molar-refractivity contribution in [2.75, 3.05) is 0 Å². The summed E-state index contributed by atoms with van der Waals surface area (Å²) in [4.78, 5) is 4.31. The third kappa shape index (κ3) is 3.39. The zero-order valence-corrected chi connectivity index (χ0v) is 12.3. The molecule has 21 heavy (non-hydrogen) atoms. The lowest BCUT2D eigenvalue weighted by atomic mass is 10.2. The van der Waals surface area contributed by atoms with Crippen molar-refractivity contribution in [3.05, 3.63) is 53.1 Å². The highest BCUT2D eigenvalue weighted by Gasteiger charge is 2.21.